The highest BCUT2D eigenvalue weighted by Crippen LogP contribution is 2.22. The molecule has 0 aliphatic heterocycles. The standard InChI is InChI=1S/C14H21NO3/c1-10-6-7-12(11(2)8-10)15(4)9-14(3,17)13(16)18-5/h6-8,17H,9H2,1-5H3. The summed E-state index contributed by atoms with van der Waals surface area (Å²) in [4.78, 5) is 13.3. The number of aliphatic hydroxyl groups is 1. The zero-order chi connectivity index (χ0) is 13.9. The highest BCUT2D eigenvalue weighted by molar-refractivity contribution is 5.79. The van der Waals surface area contributed by atoms with E-state index in [-0.39, 0.29) is 6.54 Å². The molecule has 0 bridgehead atoms. The molecule has 0 aliphatic carbocycles. The number of methoxy groups -OCH3 is 1. The number of nitrogens with zero attached hydrogens (tertiary/aromatic N) is 1. The molecule has 0 spiro atoms. The van der Waals surface area contributed by atoms with E-state index in [1.54, 1.807) is 0 Å². The fourth-order valence-corrected chi connectivity index (χ4v) is 2.07. The predicted octanol–water partition coefficient (Wildman–Crippen LogP) is 1.66. The van der Waals surface area contributed by atoms with E-state index < -0.39 is 11.6 Å². The van der Waals surface area contributed by atoms with Crippen LogP contribution >= 0.6 is 0 Å². The second-order valence-corrected chi connectivity index (χ2v) is 4.91. The van der Waals surface area contributed by atoms with Crippen molar-refractivity contribution in [2.24, 2.45) is 0 Å². The lowest BCUT2D eigenvalue weighted by Crippen LogP contribution is -2.46. The maximum absolute atomic E-state index is 11.4. The Morgan fingerprint density at radius 1 is 1.44 bits per heavy atom. The van der Waals surface area contributed by atoms with Crippen molar-refractivity contribution in [1.82, 2.24) is 0 Å². The first kappa shape index (κ1) is 14.5. The summed E-state index contributed by atoms with van der Waals surface area (Å²) in [6.45, 7) is 5.68. The number of hydrogen-bond donors (Lipinski definition) is 1. The third-order valence-electron chi connectivity index (χ3n) is 2.93. The topological polar surface area (TPSA) is 49.8 Å². The molecule has 1 aromatic rings. The van der Waals surface area contributed by atoms with Gasteiger partial charge in [-0.1, -0.05) is 17.7 Å². The number of esters is 1. The number of rotatable bonds is 4. The quantitative estimate of drug-likeness (QED) is 0.827. The largest absolute Gasteiger partial charge is 0.467 e. The van der Waals surface area contributed by atoms with Gasteiger partial charge in [0.1, 0.15) is 0 Å². The number of benzene rings is 1. The van der Waals surface area contributed by atoms with E-state index in [9.17, 15) is 9.90 Å². The maximum Gasteiger partial charge on any atom is 0.339 e. The number of carbonyl (C=O) groups excluding carboxylic acids is 1. The number of ether oxygens (including phenoxy) is 1. The first-order valence-electron chi connectivity index (χ1n) is 5.87. The average Bonchev–Trinajstić information content (AvgIpc) is 2.26. The number of carbonyl (C=O) groups is 1. The van der Waals surface area contributed by atoms with Crippen LogP contribution in [0.4, 0.5) is 5.69 Å². The highest BCUT2D eigenvalue weighted by Gasteiger charge is 2.33. The first-order valence-corrected chi connectivity index (χ1v) is 5.87. The van der Waals surface area contributed by atoms with E-state index in [0.29, 0.717) is 0 Å². The van der Waals surface area contributed by atoms with Crippen molar-refractivity contribution in [2.45, 2.75) is 26.4 Å². The van der Waals surface area contributed by atoms with E-state index in [4.69, 9.17) is 0 Å². The van der Waals surface area contributed by atoms with E-state index >= 15 is 0 Å². The van der Waals surface area contributed by atoms with Gasteiger partial charge in [-0.25, -0.2) is 4.79 Å². The second-order valence-electron chi connectivity index (χ2n) is 4.91. The van der Waals surface area contributed by atoms with Gasteiger partial charge in [-0.3, -0.25) is 0 Å². The van der Waals surface area contributed by atoms with Gasteiger partial charge in [-0.15, -0.1) is 0 Å². The summed E-state index contributed by atoms with van der Waals surface area (Å²) in [5, 5.41) is 10.0. The monoisotopic (exact) mass is 251 g/mol. The average molecular weight is 251 g/mol. The Hall–Kier alpha value is -1.55. The Morgan fingerprint density at radius 3 is 2.56 bits per heavy atom. The van der Waals surface area contributed by atoms with Gasteiger partial charge >= 0.3 is 5.97 Å². The summed E-state index contributed by atoms with van der Waals surface area (Å²) in [5.41, 5.74) is 1.77. The summed E-state index contributed by atoms with van der Waals surface area (Å²) in [6, 6.07) is 6.06. The molecule has 0 aromatic heterocycles. The molecule has 4 heteroatoms. The molecule has 1 N–H and O–H groups in total. The lowest BCUT2D eigenvalue weighted by Gasteiger charge is -2.29. The molecule has 1 rings (SSSR count). The van der Waals surface area contributed by atoms with E-state index in [1.165, 1.54) is 19.6 Å². The van der Waals surface area contributed by atoms with Crippen LogP contribution in [0.15, 0.2) is 18.2 Å². The molecule has 0 saturated carbocycles. The van der Waals surface area contributed by atoms with Crippen molar-refractivity contribution < 1.29 is 14.6 Å². The molecule has 1 aromatic carbocycles. The molecular weight excluding hydrogens is 230 g/mol. The van der Waals surface area contributed by atoms with Crippen molar-refractivity contribution in [3.63, 3.8) is 0 Å². The van der Waals surface area contributed by atoms with Gasteiger partial charge in [0.25, 0.3) is 0 Å². The van der Waals surface area contributed by atoms with Gasteiger partial charge in [0.2, 0.25) is 0 Å². The molecule has 0 radical (unpaired) electrons. The second kappa shape index (κ2) is 5.40. The zero-order valence-corrected chi connectivity index (χ0v) is 11.7. The number of likely N-dealkylation sites (N-methyl/N-ethyl adjacent to an activating group) is 1. The molecule has 100 valence electrons. The first-order chi connectivity index (χ1) is 8.27. The molecule has 0 aliphatic rings. The van der Waals surface area contributed by atoms with Crippen LogP contribution in [0, 0.1) is 13.8 Å². The third kappa shape index (κ3) is 3.23. The van der Waals surface area contributed by atoms with Gasteiger partial charge < -0.3 is 14.7 Å². The van der Waals surface area contributed by atoms with E-state index in [1.807, 2.05) is 37.9 Å². The molecule has 0 heterocycles. The summed E-state index contributed by atoms with van der Waals surface area (Å²) < 4.78 is 4.59. The lowest BCUT2D eigenvalue weighted by molar-refractivity contribution is -0.159. The van der Waals surface area contributed by atoms with Crippen molar-refractivity contribution in [3.8, 4) is 0 Å². The Bertz CT molecular complexity index is 441. The fraction of sp³-hybridized carbons (Fsp3) is 0.500. The van der Waals surface area contributed by atoms with Gasteiger partial charge in [0.15, 0.2) is 5.60 Å². The van der Waals surface area contributed by atoms with Crippen LogP contribution in [0.25, 0.3) is 0 Å². The van der Waals surface area contributed by atoms with Crippen LogP contribution < -0.4 is 4.90 Å². The molecule has 0 saturated heterocycles. The van der Waals surface area contributed by atoms with Crippen LogP contribution in [0.2, 0.25) is 0 Å². The highest BCUT2D eigenvalue weighted by atomic mass is 16.5. The number of anilines is 1. The van der Waals surface area contributed by atoms with Gasteiger partial charge in [0, 0.05) is 12.7 Å². The van der Waals surface area contributed by atoms with Crippen LogP contribution in [0.5, 0.6) is 0 Å². The summed E-state index contributed by atoms with van der Waals surface area (Å²) in [5.74, 6) is -0.626. The molecule has 4 nitrogen and oxygen atoms in total. The van der Waals surface area contributed by atoms with E-state index in [2.05, 4.69) is 10.8 Å². The smallest absolute Gasteiger partial charge is 0.339 e. The van der Waals surface area contributed by atoms with Crippen molar-refractivity contribution in [2.75, 3.05) is 25.6 Å². The predicted molar refractivity (Wildman–Crippen MR) is 71.8 cm³/mol. The van der Waals surface area contributed by atoms with Crippen LogP contribution in [-0.4, -0.2) is 37.4 Å². The lowest BCUT2D eigenvalue weighted by atomic mass is 10.1. The summed E-state index contributed by atoms with van der Waals surface area (Å²) in [6.07, 6.45) is 0. The molecular formula is C14H21NO3. The normalized spacial score (nSPS) is 13.9. The Labute approximate surface area is 108 Å². The minimum absolute atomic E-state index is 0.184. The van der Waals surface area contributed by atoms with Crippen molar-refractivity contribution in [3.05, 3.63) is 29.3 Å². The van der Waals surface area contributed by atoms with Gasteiger partial charge in [-0.05, 0) is 32.4 Å². The van der Waals surface area contributed by atoms with Crippen LogP contribution in [0.1, 0.15) is 18.1 Å². The van der Waals surface area contributed by atoms with Crippen LogP contribution in [0.3, 0.4) is 0 Å². The Balaban J connectivity index is 2.88. The molecule has 0 amide bonds. The van der Waals surface area contributed by atoms with Crippen molar-refractivity contribution >= 4 is 11.7 Å². The van der Waals surface area contributed by atoms with E-state index in [0.717, 1.165) is 11.3 Å². The zero-order valence-electron chi connectivity index (χ0n) is 11.7. The summed E-state index contributed by atoms with van der Waals surface area (Å²) >= 11 is 0. The molecule has 1 unspecified atom stereocenters. The van der Waals surface area contributed by atoms with Crippen LogP contribution in [-0.2, 0) is 9.53 Å². The minimum atomic E-state index is -1.51. The fourth-order valence-electron chi connectivity index (χ4n) is 2.07. The minimum Gasteiger partial charge on any atom is -0.467 e. The van der Waals surface area contributed by atoms with Gasteiger partial charge in [0.05, 0.1) is 13.7 Å². The Morgan fingerprint density at radius 2 is 2.06 bits per heavy atom. The molecule has 1 atom stereocenters. The molecule has 18 heavy (non-hydrogen) atoms. The SMILES string of the molecule is COC(=O)C(C)(O)CN(C)c1ccc(C)cc1C. The number of hydrogen-bond acceptors (Lipinski definition) is 4. The number of aryl methyl sites for hydroxylation is 2. The van der Waals surface area contributed by atoms with Gasteiger partial charge in [-0.2, -0.15) is 0 Å². The van der Waals surface area contributed by atoms with Crippen molar-refractivity contribution in [1.29, 1.82) is 0 Å². The Kier molecular flexibility index (Phi) is 4.35. The maximum atomic E-state index is 11.4. The molecule has 0 fully saturated rings. The summed E-state index contributed by atoms with van der Waals surface area (Å²) in [7, 11) is 3.11. The third-order valence-corrected chi connectivity index (χ3v) is 2.93.